The van der Waals surface area contributed by atoms with Crippen LogP contribution in [0.3, 0.4) is 0 Å². The molecule has 1 aromatic carbocycles. The Kier molecular flexibility index (Phi) is 3.43. The van der Waals surface area contributed by atoms with Crippen molar-refractivity contribution >= 4 is 23.2 Å². The number of nitrogens with zero attached hydrogens (tertiary/aromatic N) is 3. The summed E-state index contributed by atoms with van der Waals surface area (Å²) in [5.41, 5.74) is 0.769. The van der Waals surface area contributed by atoms with Gasteiger partial charge in [0, 0.05) is 15.6 Å². The molecule has 0 aliphatic rings. The smallest absolute Gasteiger partial charge is 0.152 e. The monoisotopic (exact) mass is 257 g/mol. The molecule has 0 unspecified atom stereocenters. The second kappa shape index (κ2) is 4.82. The van der Waals surface area contributed by atoms with Gasteiger partial charge in [-0.05, 0) is 12.1 Å². The Hall–Kier alpha value is -1.10. The molecular weight excluding hydrogens is 249 g/mol. The average molecular weight is 258 g/mol. The van der Waals surface area contributed by atoms with Crippen LogP contribution >= 0.6 is 23.2 Å². The number of benzene rings is 1. The minimum Gasteiger partial charge on any atom is -0.388 e. The van der Waals surface area contributed by atoms with Gasteiger partial charge in [-0.3, -0.25) is 0 Å². The van der Waals surface area contributed by atoms with Crippen molar-refractivity contribution < 1.29 is 5.11 Å². The molecule has 4 nitrogen and oxygen atoms in total. The molecule has 0 spiro atoms. The Morgan fingerprint density at radius 2 is 1.94 bits per heavy atom. The van der Waals surface area contributed by atoms with Crippen molar-refractivity contribution in [2.75, 3.05) is 0 Å². The van der Waals surface area contributed by atoms with E-state index in [1.165, 1.54) is 6.33 Å². The molecule has 84 valence electrons. The number of hydrogen-bond acceptors (Lipinski definition) is 3. The number of halogens is 2. The van der Waals surface area contributed by atoms with E-state index in [0.717, 1.165) is 5.56 Å². The van der Waals surface area contributed by atoms with Crippen molar-refractivity contribution in [3.8, 4) is 0 Å². The maximum absolute atomic E-state index is 9.03. The second-order valence-corrected chi connectivity index (χ2v) is 4.01. The van der Waals surface area contributed by atoms with Crippen LogP contribution in [-0.2, 0) is 13.2 Å². The van der Waals surface area contributed by atoms with Crippen molar-refractivity contribution in [3.05, 3.63) is 46.0 Å². The largest absolute Gasteiger partial charge is 0.388 e. The van der Waals surface area contributed by atoms with Gasteiger partial charge in [0.1, 0.15) is 12.9 Å². The van der Waals surface area contributed by atoms with Gasteiger partial charge in [0.2, 0.25) is 0 Å². The summed E-state index contributed by atoms with van der Waals surface area (Å²) in [5, 5.41) is 14.2. The van der Waals surface area contributed by atoms with Crippen molar-refractivity contribution in [2.24, 2.45) is 0 Å². The van der Waals surface area contributed by atoms with Crippen LogP contribution in [0.2, 0.25) is 10.0 Å². The van der Waals surface area contributed by atoms with Crippen LogP contribution < -0.4 is 0 Å². The van der Waals surface area contributed by atoms with Crippen LogP contribution in [0.1, 0.15) is 11.4 Å². The molecule has 1 heterocycles. The first-order valence-electron chi connectivity index (χ1n) is 4.63. The van der Waals surface area contributed by atoms with Gasteiger partial charge >= 0.3 is 0 Å². The van der Waals surface area contributed by atoms with Crippen LogP contribution in [0.4, 0.5) is 0 Å². The van der Waals surface area contributed by atoms with Crippen molar-refractivity contribution in [1.82, 2.24) is 14.8 Å². The highest BCUT2D eigenvalue weighted by Gasteiger charge is 2.09. The van der Waals surface area contributed by atoms with Crippen molar-refractivity contribution in [1.29, 1.82) is 0 Å². The topological polar surface area (TPSA) is 50.9 Å². The summed E-state index contributed by atoms with van der Waals surface area (Å²) >= 11 is 12.1. The molecule has 0 amide bonds. The zero-order valence-electron chi connectivity index (χ0n) is 8.27. The summed E-state index contributed by atoms with van der Waals surface area (Å²) in [4.78, 5) is 3.91. The van der Waals surface area contributed by atoms with Gasteiger partial charge in [-0.2, -0.15) is 5.10 Å². The fourth-order valence-corrected chi connectivity index (χ4v) is 1.89. The van der Waals surface area contributed by atoms with E-state index in [1.807, 2.05) is 0 Å². The number of hydrogen-bond donors (Lipinski definition) is 1. The first-order chi connectivity index (χ1) is 7.72. The predicted molar refractivity (Wildman–Crippen MR) is 61.5 cm³/mol. The summed E-state index contributed by atoms with van der Waals surface area (Å²) in [5.74, 6) is 0.482. The number of rotatable bonds is 3. The maximum atomic E-state index is 9.03. The zero-order valence-corrected chi connectivity index (χ0v) is 9.78. The molecule has 0 radical (unpaired) electrons. The lowest BCUT2D eigenvalue weighted by atomic mass is 10.2. The summed E-state index contributed by atoms with van der Waals surface area (Å²) in [7, 11) is 0. The lowest BCUT2D eigenvalue weighted by molar-refractivity contribution is 0.264. The number of aliphatic hydroxyl groups is 1. The molecule has 0 aliphatic heterocycles. The molecule has 0 fully saturated rings. The number of aromatic nitrogens is 3. The van der Waals surface area contributed by atoms with E-state index in [1.54, 1.807) is 22.9 Å². The zero-order chi connectivity index (χ0) is 11.5. The molecule has 0 bridgehead atoms. The van der Waals surface area contributed by atoms with Crippen LogP contribution in [-0.4, -0.2) is 19.9 Å². The highest BCUT2D eigenvalue weighted by molar-refractivity contribution is 6.35. The molecule has 16 heavy (non-hydrogen) atoms. The standard InChI is InChI=1S/C10H9Cl2N3O/c11-8-2-1-3-9(12)7(8)4-15-10(5-16)13-6-14-15/h1-3,6,16H,4-5H2. The molecule has 0 atom stereocenters. The van der Waals surface area contributed by atoms with Crippen molar-refractivity contribution in [3.63, 3.8) is 0 Å². The molecular formula is C10H9Cl2N3O. The van der Waals surface area contributed by atoms with E-state index in [-0.39, 0.29) is 6.61 Å². The van der Waals surface area contributed by atoms with Crippen LogP contribution in [0.5, 0.6) is 0 Å². The van der Waals surface area contributed by atoms with E-state index in [2.05, 4.69) is 10.1 Å². The van der Waals surface area contributed by atoms with Crippen LogP contribution in [0.15, 0.2) is 24.5 Å². The highest BCUT2D eigenvalue weighted by Crippen LogP contribution is 2.25. The first-order valence-corrected chi connectivity index (χ1v) is 5.38. The van der Waals surface area contributed by atoms with Crippen molar-refractivity contribution in [2.45, 2.75) is 13.2 Å². The molecule has 2 aromatic rings. The summed E-state index contributed by atoms with van der Waals surface area (Å²) in [6, 6.07) is 5.30. The minimum atomic E-state index is -0.165. The third kappa shape index (κ3) is 2.19. The van der Waals surface area contributed by atoms with Gasteiger partial charge in [-0.15, -0.1) is 0 Å². The van der Waals surface area contributed by atoms with Gasteiger partial charge in [0.15, 0.2) is 5.82 Å². The summed E-state index contributed by atoms with van der Waals surface area (Å²) < 4.78 is 1.56. The third-order valence-electron chi connectivity index (χ3n) is 2.21. The molecule has 0 saturated heterocycles. The van der Waals surface area contributed by atoms with E-state index in [4.69, 9.17) is 28.3 Å². The average Bonchev–Trinajstić information content (AvgIpc) is 2.71. The minimum absolute atomic E-state index is 0.165. The highest BCUT2D eigenvalue weighted by atomic mass is 35.5. The number of aliphatic hydroxyl groups excluding tert-OH is 1. The molecule has 0 aliphatic carbocycles. The first kappa shape index (κ1) is 11.4. The van der Waals surface area contributed by atoms with Gasteiger partial charge in [0.05, 0.1) is 6.54 Å². The maximum Gasteiger partial charge on any atom is 0.152 e. The van der Waals surface area contributed by atoms with E-state index in [0.29, 0.717) is 22.4 Å². The van der Waals surface area contributed by atoms with E-state index >= 15 is 0 Å². The quantitative estimate of drug-likeness (QED) is 0.917. The van der Waals surface area contributed by atoms with Crippen LogP contribution in [0.25, 0.3) is 0 Å². The second-order valence-electron chi connectivity index (χ2n) is 3.19. The normalized spacial score (nSPS) is 10.7. The Balaban J connectivity index is 2.34. The molecule has 2 rings (SSSR count). The predicted octanol–water partition coefficient (Wildman–Crippen LogP) is 2.13. The molecule has 1 N–H and O–H groups in total. The van der Waals surface area contributed by atoms with E-state index in [9.17, 15) is 0 Å². The Morgan fingerprint density at radius 3 is 2.56 bits per heavy atom. The van der Waals surface area contributed by atoms with Gasteiger partial charge in [0.25, 0.3) is 0 Å². The van der Waals surface area contributed by atoms with Crippen LogP contribution in [0, 0.1) is 0 Å². The van der Waals surface area contributed by atoms with Gasteiger partial charge < -0.3 is 5.11 Å². The molecule has 0 saturated carbocycles. The summed E-state index contributed by atoms with van der Waals surface area (Å²) in [6.07, 6.45) is 1.39. The lowest BCUT2D eigenvalue weighted by Crippen LogP contribution is -2.07. The summed E-state index contributed by atoms with van der Waals surface area (Å²) in [6.45, 7) is 0.233. The van der Waals surface area contributed by atoms with Gasteiger partial charge in [-0.25, -0.2) is 9.67 Å². The molecule has 6 heteroatoms. The Bertz CT molecular complexity index is 478. The SMILES string of the molecule is OCc1ncnn1Cc1c(Cl)cccc1Cl. The fourth-order valence-electron chi connectivity index (χ4n) is 1.38. The Morgan fingerprint density at radius 1 is 1.25 bits per heavy atom. The van der Waals surface area contributed by atoms with E-state index < -0.39 is 0 Å². The lowest BCUT2D eigenvalue weighted by Gasteiger charge is -2.08. The Labute approximate surface area is 102 Å². The molecule has 1 aromatic heterocycles. The third-order valence-corrected chi connectivity index (χ3v) is 2.91. The van der Waals surface area contributed by atoms with Gasteiger partial charge in [-0.1, -0.05) is 29.3 Å². The fraction of sp³-hybridized carbons (Fsp3) is 0.200.